The molecule has 0 radical (unpaired) electrons. The van der Waals surface area contributed by atoms with Crippen molar-refractivity contribution in [3.05, 3.63) is 82.8 Å². The molecule has 0 saturated carbocycles. The maximum atomic E-state index is 12.7. The van der Waals surface area contributed by atoms with E-state index in [4.69, 9.17) is 19.2 Å². The standard InChI is InChI=1S/C23H16N2O6/c1-2-29-20-10-14(12-24)5-8-19(20)31-23(28)15-6-7-17-18(11-15)22(27)25(21(17)26)13-16-4-3-9-30-16/h3-11H,2,13H2,1H3. The van der Waals surface area contributed by atoms with Gasteiger partial charge in [-0.1, -0.05) is 0 Å². The zero-order valence-electron chi connectivity index (χ0n) is 16.5. The van der Waals surface area contributed by atoms with Gasteiger partial charge >= 0.3 is 5.97 Å². The molecule has 2 amide bonds. The van der Waals surface area contributed by atoms with E-state index in [1.165, 1.54) is 42.7 Å². The van der Waals surface area contributed by atoms with E-state index in [0.29, 0.717) is 17.9 Å². The number of nitrogens with zero attached hydrogens (tertiary/aromatic N) is 2. The Hall–Kier alpha value is -4.38. The van der Waals surface area contributed by atoms with E-state index < -0.39 is 17.8 Å². The number of imide groups is 1. The molecule has 1 aliphatic heterocycles. The number of ether oxygens (including phenoxy) is 2. The zero-order chi connectivity index (χ0) is 22.0. The Morgan fingerprint density at radius 3 is 2.58 bits per heavy atom. The van der Waals surface area contributed by atoms with Gasteiger partial charge in [-0.05, 0) is 49.4 Å². The highest BCUT2D eigenvalue weighted by molar-refractivity contribution is 6.21. The number of amides is 2. The van der Waals surface area contributed by atoms with Crippen LogP contribution < -0.4 is 9.47 Å². The minimum atomic E-state index is -0.724. The fraction of sp³-hybridized carbons (Fsp3) is 0.130. The maximum absolute atomic E-state index is 12.7. The number of fused-ring (bicyclic) bond motifs is 1. The van der Waals surface area contributed by atoms with Crippen LogP contribution in [0.15, 0.2) is 59.2 Å². The lowest BCUT2D eigenvalue weighted by atomic mass is 10.1. The number of rotatable bonds is 6. The van der Waals surface area contributed by atoms with Gasteiger partial charge < -0.3 is 13.9 Å². The summed E-state index contributed by atoms with van der Waals surface area (Å²) in [5.41, 5.74) is 0.797. The number of carbonyl (C=O) groups excluding carboxylic acids is 3. The molecular weight excluding hydrogens is 400 g/mol. The summed E-state index contributed by atoms with van der Waals surface area (Å²) >= 11 is 0. The van der Waals surface area contributed by atoms with Crippen LogP contribution in [-0.2, 0) is 6.54 Å². The molecular formula is C23H16N2O6. The third-order valence-electron chi connectivity index (χ3n) is 4.68. The van der Waals surface area contributed by atoms with E-state index in [9.17, 15) is 14.4 Å². The van der Waals surface area contributed by atoms with Crippen LogP contribution in [0.25, 0.3) is 0 Å². The highest BCUT2D eigenvalue weighted by atomic mass is 16.6. The maximum Gasteiger partial charge on any atom is 0.343 e. The average Bonchev–Trinajstić information content (AvgIpc) is 3.38. The summed E-state index contributed by atoms with van der Waals surface area (Å²) in [4.78, 5) is 39.1. The number of hydrogen-bond donors (Lipinski definition) is 0. The molecule has 0 aliphatic carbocycles. The first-order chi connectivity index (χ1) is 15.0. The average molecular weight is 416 g/mol. The summed E-state index contributed by atoms with van der Waals surface area (Å²) in [6.45, 7) is 2.09. The van der Waals surface area contributed by atoms with Gasteiger partial charge in [0.15, 0.2) is 11.5 Å². The van der Waals surface area contributed by atoms with Gasteiger partial charge in [0, 0.05) is 6.07 Å². The second-order valence-corrected chi connectivity index (χ2v) is 6.63. The molecule has 1 aliphatic rings. The number of carbonyl (C=O) groups is 3. The minimum absolute atomic E-state index is 0.00207. The molecule has 2 heterocycles. The molecule has 1 aromatic heterocycles. The predicted molar refractivity (Wildman–Crippen MR) is 107 cm³/mol. The molecule has 154 valence electrons. The fourth-order valence-corrected chi connectivity index (χ4v) is 3.21. The van der Waals surface area contributed by atoms with Crippen molar-refractivity contribution in [1.82, 2.24) is 4.90 Å². The quantitative estimate of drug-likeness (QED) is 0.343. The van der Waals surface area contributed by atoms with Gasteiger partial charge in [-0.15, -0.1) is 0 Å². The minimum Gasteiger partial charge on any atom is -0.490 e. The summed E-state index contributed by atoms with van der Waals surface area (Å²) in [5, 5.41) is 9.04. The third kappa shape index (κ3) is 3.76. The van der Waals surface area contributed by atoms with Gasteiger partial charge in [0.05, 0.1) is 47.7 Å². The Kier molecular flexibility index (Phi) is 5.24. The van der Waals surface area contributed by atoms with Crippen molar-refractivity contribution in [1.29, 1.82) is 5.26 Å². The molecule has 8 nitrogen and oxygen atoms in total. The Morgan fingerprint density at radius 2 is 1.87 bits per heavy atom. The number of nitriles is 1. The number of benzene rings is 2. The summed E-state index contributed by atoms with van der Waals surface area (Å²) < 4.78 is 16.1. The Labute approximate surface area is 177 Å². The molecule has 0 N–H and O–H groups in total. The molecule has 0 bridgehead atoms. The van der Waals surface area contributed by atoms with Gasteiger partial charge in [0.2, 0.25) is 0 Å². The molecule has 3 aromatic rings. The summed E-state index contributed by atoms with van der Waals surface area (Å²) in [6.07, 6.45) is 1.46. The van der Waals surface area contributed by atoms with Crippen LogP contribution in [0, 0.1) is 11.3 Å². The Morgan fingerprint density at radius 1 is 1.06 bits per heavy atom. The van der Waals surface area contributed by atoms with E-state index >= 15 is 0 Å². The van der Waals surface area contributed by atoms with E-state index in [2.05, 4.69) is 0 Å². The molecule has 2 aromatic carbocycles. The molecule has 8 heteroatoms. The SMILES string of the molecule is CCOc1cc(C#N)ccc1OC(=O)c1ccc2c(c1)C(=O)N(Cc1ccco1)C2=O. The van der Waals surface area contributed by atoms with Crippen molar-refractivity contribution in [3.63, 3.8) is 0 Å². The number of furan rings is 1. The van der Waals surface area contributed by atoms with Crippen LogP contribution in [0.2, 0.25) is 0 Å². The number of hydrogen-bond acceptors (Lipinski definition) is 7. The van der Waals surface area contributed by atoms with Gasteiger partial charge in [0.25, 0.3) is 11.8 Å². The van der Waals surface area contributed by atoms with E-state index in [-0.39, 0.29) is 34.7 Å². The van der Waals surface area contributed by atoms with Gasteiger partial charge in [-0.25, -0.2) is 4.79 Å². The fourth-order valence-electron chi connectivity index (χ4n) is 3.21. The lowest BCUT2D eigenvalue weighted by molar-refractivity contribution is 0.0631. The van der Waals surface area contributed by atoms with Crippen LogP contribution in [0.1, 0.15) is 49.3 Å². The first kappa shape index (κ1) is 19.9. The van der Waals surface area contributed by atoms with Gasteiger partial charge in [-0.3, -0.25) is 14.5 Å². The van der Waals surface area contributed by atoms with Crippen LogP contribution in [0.5, 0.6) is 11.5 Å². The van der Waals surface area contributed by atoms with Crippen molar-refractivity contribution in [3.8, 4) is 17.6 Å². The highest BCUT2D eigenvalue weighted by Gasteiger charge is 2.36. The predicted octanol–water partition coefficient (Wildman–Crippen LogP) is 3.57. The molecule has 0 atom stereocenters. The van der Waals surface area contributed by atoms with Crippen molar-refractivity contribution in [2.45, 2.75) is 13.5 Å². The monoisotopic (exact) mass is 416 g/mol. The Bertz CT molecular complexity index is 1220. The largest absolute Gasteiger partial charge is 0.490 e. The molecule has 0 unspecified atom stereocenters. The van der Waals surface area contributed by atoms with Crippen molar-refractivity contribution in [2.24, 2.45) is 0 Å². The number of esters is 1. The van der Waals surface area contributed by atoms with E-state index in [0.717, 1.165) is 4.90 Å². The van der Waals surface area contributed by atoms with Crippen LogP contribution >= 0.6 is 0 Å². The zero-order valence-corrected chi connectivity index (χ0v) is 16.5. The van der Waals surface area contributed by atoms with Crippen molar-refractivity contribution < 1.29 is 28.3 Å². The molecule has 0 spiro atoms. The second kappa shape index (κ2) is 8.16. The lowest BCUT2D eigenvalue weighted by Crippen LogP contribution is -2.28. The van der Waals surface area contributed by atoms with Crippen LogP contribution in [-0.4, -0.2) is 29.3 Å². The molecule has 4 rings (SSSR count). The van der Waals surface area contributed by atoms with Gasteiger partial charge in [0.1, 0.15) is 5.76 Å². The van der Waals surface area contributed by atoms with Gasteiger partial charge in [-0.2, -0.15) is 5.26 Å². The molecule has 31 heavy (non-hydrogen) atoms. The first-order valence-corrected chi connectivity index (χ1v) is 9.43. The topological polar surface area (TPSA) is 110 Å². The van der Waals surface area contributed by atoms with Crippen molar-refractivity contribution in [2.75, 3.05) is 6.61 Å². The molecule has 0 saturated heterocycles. The highest BCUT2D eigenvalue weighted by Crippen LogP contribution is 2.30. The van der Waals surface area contributed by atoms with E-state index in [1.54, 1.807) is 19.1 Å². The van der Waals surface area contributed by atoms with Crippen LogP contribution in [0.4, 0.5) is 0 Å². The summed E-state index contributed by atoms with van der Waals surface area (Å²) in [5.74, 6) is -0.821. The lowest BCUT2D eigenvalue weighted by Gasteiger charge is -2.11. The van der Waals surface area contributed by atoms with Crippen molar-refractivity contribution >= 4 is 17.8 Å². The normalized spacial score (nSPS) is 12.5. The molecule has 0 fully saturated rings. The second-order valence-electron chi connectivity index (χ2n) is 6.63. The summed E-state index contributed by atoms with van der Waals surface area (Å²) in [7, 11) is 0. The summed E-state index contributed by atoms with van der Waals surface area (Å²) in [6, 6.07) is 14.0. The Balaban J connectivity index is 1.57. The van der Waals surface area contributed by atoms with E-state index in [1.807, 2.05) is 6.07 Å². The first-order valence-electron chi connectivity index (χ1n) is 9.43. The third-order valence-corrected chi connectivity index (χ3v) is 4.68. The van der Waals surface area contributed by atoms with Crippen LogP contribution in [0.3, 0.4) is 0 Å². The smallest absolute Gasteiger partial charge is 0.343 e.